The molecule has 4 N–H and O–H groups in total. The molecule has 0 radical (unpaired) electrons. The average Bonchev–Trinajstić information content (AvgIpc) is 3.13. The fraction of sp³-hybridized carbons (Fsp3) is 0.300. The fourth-order valence-electron chi connectivity index (χ4n) is 2.89. The van der Waals surface area contributed by atoms with Crippen molar-refractivity contribution in [2.75, 3.05) is 18.4 Å². The Morgan fingerprint density at radius 2 is 2.10 bits per heavy atom. The third-order valence-electron chi connectivity index (χ3n) is 4.11. The number of amides is 1. The van der Waals surface area contributed by atoms with Crippen LogP contribution >= 0.6 is 11.6 Å². The molecule has 1 atom stereocenters. The van der Waals surface area contributed by atoms with Gasteiger partial charge in [-0.2, -0.15) is 0 Å². The lowest BCUT2D eigenvalue weighted by atomic mass is 10.2. The zero-order valence-corrected chi connectivity index (χ0v) is 17.2. The quantitative estimate of drug-likeness (QED) is 0.310. The number of rotatable bonds is 6. The first-order chi connectivity index (χ1) is 14.4. The molecule has 10 heteroatoms. The monoisotopic (exact) mass is 433 g/mol. The molecule has 1 saturated heterocycles. The van der Waals surface area contributed by atoms with Crippen LogP contribution in [0.3, 0.4) is 0 Å². The molecular formula is C20H24ClN5O4. The van der Waals surface area contributed by atoms with Crippen molar-refractivity contribution in [3.05, 3.63) is 59.0 Å². The summed E-state index contributed by atoms with van der Waals surface area (Å²) in [5.41, 5.74) is 3.27. The predicted molar refractivity (Wildman–Crippen MR) is 113 cm³/mol. The first kappa shape index (κ1) is 23.3. The average molecular weight is 434 g/mol. The molecule has 0 unspecified atom stereocenters. The van der Waals surface area contributed by atoms with Crippen LogP contribution < -0.4 is 10.8 Å². The molecular weight excluding hydrogens is 410 g/mol. The second-order valence-corrected chi connectivity index (χ2v) is 7.09. The van der Waals surface area contributed by atoms with E-state index in [1.807, 2.05) is 18.2 Å². The molecule has 30 heavy (non-hydrogen) atoms. The number of aromatic nitrogens is 2. The SMILES string of the molecule is CC(=O)O.O=C(C=Cc1cnc(N[C@@H]2CCN(Cc3cccc(Cl)c3)C2)cn1)NO. The van der Waals surface area contributed by atoms with Crippen molar-refractivity contribution >= 4 is 35.4 Å². The molecule has 3 rings (SSSR count). The van der Waals surface area contributed by atoms with E-state index in [1.165, 1.54) is 23.2 Å². The molecule has 1 aliphatic heterocycles. The number of hydrogen-bond donors (Lipinski definition) is 4. The van der Waals surface area contributed by atoms with Crippen LogP contribution in [0.2, 0.25) is 5.02 Å². The minimum Gasteiger partial charge on any atom is -0.481 e. The molecule has 0 spiro atoms. The number of aliphatic carboxylic acids is 1. The van der Waals surface area contributed by atoms with Crippen molar-refractivity contribution in [2.24, 2.45) is 0 Å². The highest BCUT2D eigenvalue weighted by atomic mass is 35.5. The van der Waals surface area contributed by atoms with Crippen LogP contribution in [-0.2, 0) is 16.1 Å². The standard InChI is InChI=1S/C18H20ClN5O2.C2H4O2/c19-14-3-1-2-13(8-14)11-24-7-6-16(12-24)22-17-10-20-15(9-21-17)4-5-18(25)23-26;1-2(3)4/h1-5,8-10,16,26H,6-7,11-12H2,(H,21,22)(H,23,25);1H3,(H,3,4)/t16-;/m1./s1. The number of nitrogens with zero attached hydrogens (tertiary/aromatic N) is 3. The third-order valence-corrected chi connectivity index (χ3v) is 4.34. The first-order valence-corrected chi connectivity index (χ1v) is 9.60. The molecule has 2 aromatic rings. The van der Waals surface area contributed by atoms with Gasteiger partial charge in [-0.25, -0.2) is 10.5 Å². The van der Waals surface area contributed by atoms with E-state index < -0.39 is 11.9 Å². The maximum absolute atomic E-state index is 10.9. The number of anilines is 1. The largest absolute Gasteiger partial charge is 0.481 e. The van der Waals surface area contributed by atoms with E-state index in [9.17, 15) is 4.79 Å². The predicted octanol–water partition coefficient (Wildman–Crippen LogP) is 2.43. The number of hydroxylamine groups is 1. The molecule has 160 valence electrons. The van der Waals surface area contributed by atoms with Gasteiger partial charge in [0.15, 0.2) is 0 Å². The highest BCUT2D eigenvalue weighted by Crippen LogP contribution is 2.18. The third kappa shape index (κ3) is 8.56. The molecule has 1 aromatic heterocycles. The second kappa shape index (κ2) is 11.9. The van der Waals surface area contributed by atoms with Crippen LogP contribution in [0, 0.1) is 0 Å². The van der Waals surface area contributed by atoms with Gasteiger partial charge in [0.05, 0.1) is 18.1 Å². The second-order valence-electron chi connectivity index (χ2n) is 6.65. The van der Waals surface area contributed by atoms with Gasteiger partial charge in [-0.15, -0.1) is 0 Å². The van der Waals surface area contributed by atoms with Gasteiger partial charge in [0, 0.05) is 43.7 Å². The van der Waals surface area contributed by atoms with E-state index in [0.717, 1.165) is 38.0 Å². The lowest BCUT2D eigenvalue weighted by Crippen LogP contribution is -2.26. The zero-order valence-electron chi connectivity index (χ0n) is 16.5. The van der Waals surface area contributed by atoms with Gasteiger partial charge in [-0.05, 0) is 30.2 Å². The van der Waals surface area contributed by atoms with E-state index in [-0.39, 0.29) is 0 Å². The van der Waals surface area contributed by atoms with Gasteiger partial charge in [-0.3, -0.25) is 24.7 Å². The number of nitrogens with one attached hydrogen (secondary N) is 2. The Hall–Kier alpha value is -3.01. The molecule has 1 aliphatic rings. The van der Waals surface area contributed by atoms with Crippen molar-refractivity contribution in [2.45, 2.75) is 25.9 Å². The Balaban J connectivity index is 0.000000735. The molecule has 0 bridgehead atoms. The summed E-state index contributed by atoms with van der Waals surface area (Å²) in [7, 11) is 0. The van der Waals surface area contributed by atoms with Crippen LogP contribution in [-0.4, -0.2) is 56.2 Å². The van der Waals surface area contributed by atoms with Gasteiger partial charge in [0.2, 0.25) is 0 Å². The van der Waals surface area contributed by atoms with Crippen LogP contribution in [0.25, 0.3) is 6.08 Å². The number of carboxylic acids is 1. The minimum absolute atomic E-state index is 0.310. The van der Waals surface area contributed by atoms with Crippen LogP contribution in [0.5, 0.6) is 0 Å². The van der Waals surface area contributed by atoms with E-state index in [4.69, 9.17) is 26.7 Å². The summed E-state index contributed by atoms with van der Waals surface area (Å²) in [6.07, 6.45) is 6.89. The van der Waals surface area contributed by atoms with E-state index in [1.54, 1.807) is 12.4 Å². The fourth-order valence-corrected chi connectivity index (χ4v) is 3.11. The summed E-state index contributed by atoms with van der Waals surface area (Å²) < 4.78 is 0. The number of carboxylic acid groups (broad SMARTS) is 1. The van der Waals surface area contributed by atoms with E-state index in [2.05, 4.69) is 26.3 Å². The van der Waals surface area contributed by atoms with Crippen molar-refractivity contribution in [3.63, 3.8) is 0 Å². The van der Waals surface area contributed by atoms with Crippen LogP contribution in [0.4, 0.5) is 5.82 Å². The summed E-state index contributed by atoms with van der Waals surface area (Å²) in [5.74, 6) is -0.747. The lowest BCUT2D eigenvalue weighted by Gasteiger charge is -2.17. The maximum atomic E-state index is 10.9. The highest BCUT2D eigenvalue weighted by molar-refractivity contribution is 6.30. The van der Waals surface area contributed by atoms with Gasteiger partial charge >= 0.3 is 0 Å². The molecule has 0 saturated carbocycles. The normalized spacial score (nSPS) is 16.0. The van der Waals surface area contributed by atoms with Crippen LogP contribution in [0.15, 0.2) is 42.7 Å². The van der Waals surface area contributed by atoms with Crippen molar-refractivity contribution in [1.82, 2.24) is 20.3 Å². The topological polar surface area (TPSA) is 128 Å². The van der Waals surface area contributed by atoms with Crippen molar-refractivity contribution < 1.29 is 19.9 Å². The van der Waals surface area contributed by atoms with Gasteiger partial charge < -0.3 is 10.4 Å². The van der Waals surface area contributed by atoms with Gasteiger partial charge in [0.1, 0.15) is 5.82 Å². The number of hydrogen-bond acceptors (Lipinski definition) is 7. The highest BCUT2D eigenvalue weighted by Gasteiger charge is 2.22. The Morgan fingerprint density at radius 3 is 2.73 bits per heavy atom. The van der Waals surface area contributed by atoms with Crippen molar-refractivity contribution in [1.29, 1.82) is 0 Å². The number of benzene rings is 1. The zero-order chi connectivity index (χ0) is 21.9. The summed E-state index contributed by atoms with van der Waals surface area (Å²) in [4.78, 5) is 30.9. The Kier molecular flexibility index (Phi) is 9.20. The summed E-state index contributed by atoms with van der Waals surface area (Å²) >= 11 is 6.04. The molecule has 9 nitrogen and oxygen atoms in total. The maximum Gasteiger partial charge on any atom is 0.300 e. The summed E-state index contributed by atoms with van der Waals surface area (Å²) in [6.45, 7) is 3.89. The number of carbonyl (C=O) groups excluding carboxylic acids is 1. The van der Waals surface area contributed by atoms with E-state index >= 15 is 0 Å². The smallest absolute Gasteiger partial charge is 0.300 e. The first-order valence-electron chi connectivity index (χ1n) is 9.22. The minimum atomic E-state index is -0.833. The van der Waals surface area contributed by atoms with E-state index in [0.29, 0.717) is 17.6 Å². The summed E-state index contributed by atoms with van der Waals surface area (Å²) in [6, 6.07) is 8.25. The molecule has 0 aliphatic carbocycles. The molecule has 1 amide bonds. The van der Waals surface area contributed by atoms with Crippen molar-refractivity contribution in [3.8, 4) is 0 Å². The lowest BCUT2D eigenvalue weighted by molar-refractivity contribution is -0.134. The Morgan fingerprint density at radius 1 is 1.33 bits per heavy atom. The Labute approximate surface area is 179 Å². The van der Waals surface area contributed by atoms with Gasteiger partial charge in [-0.1, -0.05) is 23.7 Å². The Bertz CT molecular complexity index is 872. The van der Waals surface area contributed by atoms with Gasteiger partial charge in [0.25, 0.3) is 11.9 Å². The summed E-state index contributed by atoms with van der Waals surface area (Å²) in [5, 5.41) is 20.0. The molecule has 1 fully saturated rings. The number of halogens is 1. The number of carbonyl (C=O) groups is 2. The molecule has 2 heterocycles. The molecule has 1 aromatic carbocycles. The number of likely N-dealkylation sites (tertiary alicyclic amines) is 1. The van der Waals surface area contributed by atoms with Crippen LogP contribution in [0.1, 0.15) is 24.6 Å².